The van der Waals surface area contributed by atoms with Crippen LogP contribution in [0.1, 0.15) is 44.9 Å². The second-order valence-electron chi connectivity index (χ2n) is 6.24. The predicted molar refractivity (Wildman–Crippen MR) is 68.9 cm³/mol. The maximum Gasteiger partial charge on any atom is 0.0707 e. The molecule has 17 heavy (non-hydrogen) atoms. The van der Waals surface area contributed by atoms with E-state index >= 15 is 0 Å². The van der Waals surface area contributed by atoms with E-state index in [1.165, 1.54) is 51.5 Å². The Morgan fingerprint density at radius 1 is 0.941 bits per heavy atom. The maximum atomic E-state index is 6.32. The average Bonchev–Trinajstić information content (AvgIpc) is 2.53. The Balaban J connectivity index is 1.54. The third-order valence-corrected chi connectivity index (χ3v) is 4.83. The average molecular weight is 238 g/mol. The molecule has 2 aliphatic heterocycles. The van der Waals surface area contributed by atoms with Crippen LogP contribution in [0.25, 0.3) is 0 Å². The highest BCUT2D eigenvalue weighted by Crippen LogP contribution is 2.29. The molecule has 2 heterocycles. The van der Waals surface area contributed by atoms with E-state index in [0.717, 1.165) is 19.0 Å². The fourth-order valence-corrected chi connectivity index (χ4v) is 3.82. The van der Waals surface area contributed by atoms with Crippen LogP contribution < -0.4 is 5.73 Å². The molecule has 0 aromatic carbocycles. The van der Waals surface area contributed by atoms with Crippen molar-refractivity contribution in [3.8, 4) is 0 Å². The summed E-state index contributed by atoms with van der Waals surface area (Å²) in [5.74, 6) is 0.731. The van der Waals surface area contributed by atoms with Crippen molar-refractivity contribution in [1.82, 2.24) is 4.90 Å². The largest absolute Gasteiger partial charge is 0.372 e. The number of morpholine rings is 1. The lowest BCUT2D eigenvalue weighted by atomic mass is 9.94. The monoisotopic (exact) mass is 238 g/mol. The number of hydrogen-bond acceptors (Lipinski definition) is 3. The Kier molecular flexibility index (Phi) is 3.69. The number of rotatable bonds is 2. The van der Waals surface area contributed by atoms with Gasteiger partial charge in [0.15, 0.2) is 0 Å². The fraction of sp³-hybridized carbons (Fsp3) is 1.00. The summed E-state index contributed by atoms with van der Waals surface area (Å²) in [7, 11) is 0. The second kappa shape index (κ2) is 5.25. The lowest BCUT2D eigenvalue weighted by Gasteiger charge is -2.35. The van der Waals surface area contributed by atoms with Gasteiger partial charge in [-0.3, -0.25) is 4.90 Å². The van der Waals surface area contributed by atoms with Crippen molar-refractivity contribution in [1.29, 1.82) is 0 Å². The Hall–Kier alpha value is -0.120. The zero-order chi connectivity index (χ0) is 11.7. The third kappa shape index (κ3) is 2.83. The Morgan fingerprint density at radius 3 is 2.41 bits per heavy atom. The molecule has 2 bridgehead atoms. The van der Waals surface area contributed by atoms with Gasteiger partial charge in [-0.25, -0.2) is 0 Å². The highest BCUT2D eigenvalue weighted by atomic mass is 16.5. The molecule has 0 aromatic heterocycles. The van der Waals surface area contributed by atoms with E-state index in [9.17, 15) is 0 Å². The van der Waals surface area contributed by atoms with Gasteiger partial charge < -0.3 is 10.5 Å². The van der Waals surface area contributed by atoms with E-state index in [1.54, 1.807) is 0 Å². The minimum Gasteiger partial charge on any atom is -0.372 e. The van der Waals surface area contributed by atoms with E-state index in [1.807, 2.05) is 0 Å². The highest BCUT2D eigenvalue weighted by molar-refractivity contribution is 4.87. The lowest BCUT2D eigenvalue weighted by molar-refractivity contribution is -0.0437. The molecule has 2 N–H and O–H groups in total. The van der Waals surface area contributed by atoms with Gasteiger partial charge in [0.25, 0.3) is 0 Å². The van der Waals surface area contributed by atoms with Crippen LogP contribution in [0.5, 0.6) is 0 Å². The first-order chi connectivity index (χ1) is 8.31. The molecule has 2 saturated heterocycles. The van der Waals surface area contributed by atoms with Crippen molar-refractivity contribution in [2.24, 2.45) is 11.7 Å². The Morgan fingerprint density at radius 2 is 1.65 bits per heavy atom. The summed E-state index contributed by atoms with van der Waals surface area (Å²) in [6.07, 6.45) is 10.3. The Labute approximate surface area is 105 Å². The van der Waals surface area contributed by atoms with Crippen molar-refractivity contribution in [3.05, 3.63) is 0 Å². The predicted octanol–water partition coefficient (Wildman–Crippen LogP) is 1.76. The van der Waals surface area contributed by atoms with E-state index in [4.69, 9.17) is 10.5 Å². The van der Waals surface area contributed by atoms with Gasteiger partial charge in [-0.1, -0.05) is 19.3 Å². The molecule has 0 spiro atoms. The molecule has 1 saturated carbocycles. The molecule has 4 atom stereocenters. The van der Waals surface area contributed by atoms with Crippen LogP contribution in [0.3, 0.4) is 0 Å². The van der Waals surface area contributed by atoms with Crippen molar-refractivity contribution in [2.75, 3.05) is 19.6 Å². The van der Waals surface area contributed by atoms with Gasteiger partial charge >= 0.3 is 0 Å². The summed E-state index contributed by atoms with van der Waals surface area (Å²) in [6, 6.07) is 0.443. The molecule has 0 amide bonds. The number of hydrogen-bond donors (Lipinski definition) is 1. The molecule has 4 unspecified atom stereocenters. The highest BCUT2D eigenvalue weighted by Gasteiger charge is 2.35. The fourth-order valence-electron chi connectivity index (χ4n) is 3.82. The zero-order valence-corrected chi connectivity index (χ0v) is 10.8. The molecule has 3 fully saturated rings. The molecule has 0 radical (unpaired) electrons. The van der Waals surface area contributed by atoms with Gasteiger partial charge in [-0.05, 0) is 31.6 Å². The minimum atomic E-state index is 0.443. The van der Waals surface area contributed by atoms with E-state index < -0.39 is 0 Å². The van der Waals surface area contributed by atoms with Gasteiger partial charge in [0.2, 0.25) is 0 Å². The minimum absolute atomic E-state index is 0.443. The Bertz CT molecular complexity index is 247. The summed E-state index contributed by atoms with van der Waals surface area (Å²) in [5.41, 5.74) is 6.32. The van der Waals surface area contributed by atoms with Crippen molar-refractivity contribution < 1.29 is 4.74 Å². The number of fused-ring (bicyclic) bond motifs is 2. The van der Waals surface area contributed by atoms with Gasteiger partial charge in [0.05, 0.1) is 12.2 Å². The first kappa shape index (κ1) is 11.9. The molecule has 3 aliphatic rings. The van der Waals surface area contributed by atoms with E-state index in [0.29, 0.717) is 18.2 Å². The first-order valence-electron chi connectivity index (χ1n) is 7.44. The summed E-state index contributed by atoms with van der Waals surface area (Å²) in [5, 5.41) is 0. The molecule has 3 nitrogen and oxygen atoms in total. The standard InChI is InChI=1S/C14H26N2O/c15-14-5-3-1-2-4-11(14)8-16-9-12-6-7-13(10-16)17-12/h11-14H,1-10,15H2. The second-order valence-corrected chi connectivity index (χ2v) is 6.24. The summed E-state index contributed by atoms with van der Waals surface area (Å²) in [6.45, 7) is 3.52. The summed E-state index contributed by atoms with van der Waals surface area (Å²) in [4.78, 5) is 2.63. The normalized spacial score (nSPS) is 43.6. The van der Waals surface area contributed by atoms with Crippen LogP contribution in [0.15, 0.2) is 0 Å². The van der Waals surface area contributed by atoms with Crippen LogP contribution >= 0.6 is 0 Å². The molecule has 3 rings (SSSR count). The van der Waals surface area contributed by atoms with Crippen LogP contribution in [-0.2, 0) is 4.74 Å². The SMILES string of the molecule is NC1CCCCCC1CN1CC2CCC(C1)O2. The van der Waals surface area contributed by atoms with Crippen LogP contribution in [0, 0.1) is 5.92 Å². The quantitative estimate of drug-likeness (QED) is 0.745. The van der Waals surface area contributed by atoms with Crippen molar-refractivity contribution >= 4 is 0 Å². The van der Waals surface area contributed by atoms with Gasteiger partial charge in [0.1, 0.15) is 0 Å². The van der Waals surface area contributed by atoms with Crippen LogP contribution in [0.2, 0.25) is 0 Å². The summed E-state index contributed by atoms with van der Waals surface area (Å²) < 4.78 is 5.90. The van der Waals surface area contributed by atoms with Gasteiger partial charge in [-0.2, -0.15) is 0 Å². The van der Waals surface area contributed by atoms with E-state index in [-0.39, 0.29) is 0 Å². The molecule has 3 heteroatoms. The van der Waals surface area contributed by atoms with Crippen molar-refractivity contribution in [3.63, 3.8) is 0 Å². The third-order valence-electron chi connectivity index (χ3n) is 4.83. The molecule has 98 valence electrons. The lowest BCUT2D eigenvalue weighted by Crippen LogP contribution is -2.47. The van der Waals surface area contributed by atoms with Crippen LogP contribution in [0.4, 0.5) is 0 Å². The summed E-state index contributed by atoms with van der Waals surface area (Å²) >= 11 is 0. The van der Waals surface area contributed by atoms with Crippen molar-refractivity contribution in [2.45, 2.75) is 63.2 Å². The topological polar surface area (TPSA) is 38.5 Å². The molecular weight excluding hydrogens is 212 g/mol. The number of nitrogens with two attached hydrogens (primary N) is 1. The molecule has 0 aromatic rings. The van der Waals surface area contributed by atoms with Gasteiger partial charge in [0, 0.05) is 25.7 Å². The molecular formula is C14H26N2O. The van der Waals surface area contributed by atoms with Crippen LogP contribution in [-0.4, -0.2) is 42.8 Å². The number of nitrogens with zero attached hydrogens (tertiary/aromatic N) is 1. The zero-order valence-electron chi connectivity index (χ0n) is 10.8. The van der Waals surface area contributed by atoms with E-state index in [2.05, 4.69) is 4.90 Å². The number of likely N-dealkylation sites (tertiary alicyclic amines) is 1. The first-order valence-corrected chi connectivity index (χ1v) is 7.44. The molecule has 1 aliphatic carbocycles. The smallest absolute Gasteiger partial charge is 0.0707 e. The number of ether oxygens (including phenoxy) is 1. The van der Waals surface area contributed by atoms with Gasteiger partial charge in [-0.15, -0.1) is 0 Å². The maximum absolute atomic E-state index is 6.32.